The van der Waals surface area contributed by atoms with Crippen molar-refractivity contribution in [3.63, 3.8) is 0 Å². The van der Waals surface area contributed by atoms with E-state index in [4.69, 9.17) is 9.47 Å². The number of carbonyl (C=O) groups is 2. The van der Waals surface area contributed by atoms with Crippen LogP contribution >= 0.6 is 0 Å². The number of hydrogen-bond donors (Lipinski definition) is 1. The standard InChI is InChI=1S/C24H31N3O4/c1-19(16-26-12-14-31-15-13-26)27(17-20-6-4-3-5-7-20)18-23(28)25-22-10-8-21(9-11-22)24(29)30-2/h3-11,19H,12-18H2,1-2H3,(H,25,28). The molecule has 0 radical (unpaired) electrons. The van der Waals surface area contributed by atoms with E-state index in [0.717, 1.165) is 32.8 Å². The molecule has 1 amide bonds. The maximum Gasteiger partial charge on any atom is 0.337 e. The van der Waals surface area contributed by atoms with E-state index in [1.807, 2.05) is 18.2 Å². The normalized spacial score (nSPS) is 15.5. The van der Waals surface area contributed by atoms with E-state index in [1.165, 1.54) is 12.7 Å². The van der Waals surface area contributed by atoms with Gasteiger partial charge in [-0.3, -0.25) is 14.6 Å². The molecule has 166 valence electrons. The maximum absolute atomic E-state index is 12.8. The first-order valence-corrected chi connectivity index (χ1v) is 10.6. The lowest BCUT2D eigenvalue weighted by Gasteiger charge is -2.34. The zero-order valence-corrected chi connectivity index (χ0v) is 18.3. The Morgan fingerprint density at radius 2 is 1.77 bits per heavy atom. The highest BCUT2D eigenvalue weighted by molar-refractivity contribution is 5.94. The lowest BCUT2D eigenvalue weighted by Crippen LogP contribution is -2.47. The summed E-state index contributed by atoms with van der Waals surface area (Å²) in [5, 5.41) is 2.93. The second-order valence-electron chi connectivity index (χ2n) is 7.77. The second kappa shape index (κ2) is 11.6. The number of nitrogens with one attached hydrogen (secondary N) is 1. The molecular weight excluding hydrogens is 394 g/mol. The minimum Gasteiger partial charge on any atom is -0.465 e. The van der Waals surface area contributed by atoms with Gasteiger partial charge < -0.3 is 14.8 Å². The number of amides is 1. The number of carbonyl (C=O) groups excluding carboxylic acids is 2. The zero-order chi connectivity index (χ0) is 22.1. The highest BCUT2D eigenvalue weighted by atomic mass is 16.5. The van der Waals surface area contributed by atoms with Gasteiger partial charge in [0.15, 0.2) is 0 Å². The molecule has 1 atom stereocenters. The molecule has 0 bridgehead atoms. The van der Waals surface area contributed by atoms with Gasteiger partial charge in [-0.15, -0.1) is 0 Å². The third kappa shape index (κ3) is 7.17. The molecule has 0 aromatic heterocycles. The summed E-state index contributed by atoms with van der Waals surface area (Å²) in [6, 6.07) is 17.1. The van der Waals surface area contributed by atoms with Crippen molar-refractivity contribution in [1.82, 2.24) is 9.80 Å². The van der Waals surface area contributed by atoms with E-state index < -0.39 is 5.97 Å². The van der Waals surface area contributed by atoms with Crippen LogP contribution in [0.25, 0.3) is 0 Å². The fraction of sp³-hybridized carbons (Fsp3) is 0.417. The predicted molar refractivity (Wildman–Crippen MR) is 120 cm³/mol. The Kier molecular flexibility index (Phi) is 8.58. The number of anilines is 1. The van der Waals surface area contributed by atoms with Crippen molar-refractivity contribution >= 4 is 17.6 Å². The van der Waals surface area contributed by atoms with Gasteiger partial charge in [0.25, 0.3) is 0 Å². The van der Waals surface area contributed by atoms with Crippen molar-refractivity contribution in [3.05, 3.63) is 65.7 Å². The lowest BCUT2D eigenvalue weighted by molar-refractivity contribution is -0.118. The second-order valence-corrected chi connectivity index (χ2v) is 7.77. The minimum atomic E-state index is -0.399. The zero-order valence-electron chi connectivity index (χ0n) is 18.3. The van der Waals surface area contributed by atoms with Gasteiger partial charge in [0.2, 0.25) is 5.91 Å². The van der Waals surface area contributed by atoms with E-state index in [1.54, 1.807) is 24.3 Å². The molecule has 31 heavy (non-hydrogen) atoms. The first kappa shape index (κ1) is 22.9. The van der Waals surface area contributed by atoms with Crippen LogP contribution < -0.4 is 5.32 Å². The summed E-state index contributed by atoms with van der Waals surface area (Å²) < 4.78 is 10.2. The van der Waals surface area contributed by atoms with Crippen LogP contribution in [-0.2, 0) is 20.8 Å². The van der Waals surface area contributed by atoms with Crippen molar-refractivity contribution in [1.29, 1.82) is 0 Å². The van der Waals surface area contributed by atoms with Crippen molar-refractivity contribution in [2.45, 2.75) is 19.5 Å². The molecule has 0 saturated carbocycles. The molecule has 1 fully saturated rings. The van der Waals surface area contributed by atoms with Gasteiger partial charge in [-0.05, 0) is 36.8 Å². The molecule has 3 rings (SSSR count). The number of esters is 1. The van der Waals surface area contributed by atoms with Crippen LogP contribution in [0, 0.1) is 0 Å². The van der Waals surface area contributed by atoms with Crippen LogP contribution in [0.5, 0.6) is 0 Å². The Morgan fingerprint density at radius 1 is 1.10 bits per heavy atom. The highest BCUT2D eigenvalue weighted by Gasteiger charge is 2.21. The molecule has 1 unspecified atom stereocenters. The molecule has 2 aromatic rings. The predicted octanol–water partition coefficient (Wildman–Crippen LogP) is 2.63. The number of rotatable bonds is 9. The Balaban J connectivity index is 1.63. The Bertz CT molecular complexity index is 836. The number of ether oxygens (including phenoxy) is 2. The van der Waals surface area contributed by atoms with Gasteiger partial charge in [0.05, 0.1) is 32.4 Å². The van der Waals surface area contributed by atoms with Gasteiger partial charge >= 0.3 is 5.97 Å². The van der Waals surface area contributed by atoms with Gasteiger partial charge in [-0.2, -0.15) is 0 Å². The van der Waals surface area contributed by atoms with Gasteiger partial charge in [0, 0.05) is 37.9 Å². The first-order chi connectivity index (χ1) is 15.0. The Morgan fingerprint density at radius 3 is 2.42 bits per heavy atom. The molecule has 2 aromatic carbocycles. The molecule has 1 aliphatic heterocycles. The summed E-state index contributed by atoms with van der Waals surface area (Å²) in [7, 11) is 1.34. The van der Waals surface area contributed by atoms with E-state index in [2.05, 4.69) is 34.2 Å². The molecule has 1 heterocycles. The Labute approximate surface area is 183 Å². The molecule has 7 nitrogen and oxygen atoms in total. The van der Waals surface area contributed by atoms with E-state index in [9.17, 15) is 9.59 Å². The Hall–Kier alpha value is -2.74. The van der Waals surface area contributed by atoms with Gasteiger partial charge in [-0.1, -0.05) is 30.3 Å². The number of morpholine rings is 1. The summed E-state index contributed by atoms with van der Waals surface area (Å²) in [6.45, 7) is 7.37. The molecule has 0 aliphatic carbocycles. The van der Waals surface area contributed by atoms with Crippen LogP contribution in [0.2, 0.25) is 0 Å². The highest BCUT2D eigenvalue weighted by Crippen LogP contribution is 2.13. The summed E-state index contributed by atoms with van der Waals surface area (Å²) in [4.78, 5) is 29.0. The van der Waals surface area contributed by atoms with Crippen LogP contribution in [0.4, 0.5) is 5.69 Å². The number of benzene rings is 2. The van der Waals surface area contributed by atoms with Crippen molar-refractivity contribution in [2.75, 3.05) is 51.8 Å². The average Bonchev–Trinajstić information content (AvgIpc) is 2.80. The average molecular weight is 426 g/mol. The SMILES string of the molecule is COC(=O)c1ccc(NC(=O)CN(Cc2ccccc2)C(C)CN2CCOCC2)cc1. The monoisotopic (exact) mass is 425 g/mol. The number of methoxy groups -OCH3 is 1. The van der Waals surface area contributed by atoms with Crippen LogP contribution in [0.1, 0.15) is 22.8 Å². The summed E-state index contributed by atoms with van der Waals surface area (Å²) in [5.74, 6) is -0.487. The quantitative estimate of drug-likeness (QED) is 0.623. The molecule has 1 saturated heterocycles. The molecule has 0 spiro atoms. The van der Waals surface area contributed by atoms with Gasteiger partial charge in [0.1, 0.15) is 0 Å². The van der Waals surface area contributed by atoms with E-state index >= 15 is 0 Å². The van der Waals surface area contributed by atoms with Crippen molar-refractivity contribution in [2.24, 2.45) is 0 Å². The number of nitrogens with zero attached hydrogens (tertiary/aromatic N) is 2. The van der Waals surface area contributed by atoms with E-state index in [-0.39, 0.29) is 18.5 Å². The fourth-order valence-corrected chi connectivity index (χ4v) is 3.65. The smallest absolute Gasteiger partial charge is 0.337 e. The first-order valence-electron chi connectivity index (χ1n) is 10.6. The van der Waals surface area contributed by atoms with Crippen molar-refractivity contribution < 1.29 is 19.1 Å². The fourth-order valence-electron chi connectivity index (χ4n) is 3.65. The van der Waals surface area contributed by atoms with Crippen LogP contribution in [-0.4, -0.2) is 74.2 Å². The molecular formula is C24H31N3O4. The molecule has 1 aliphatic rings. The maximum atomic E-state index is 12.8. The third-order valence-corrected chi connectivity index (χ3v) is 5.41. The summed E-state index contributed by atoms with van der Waals surface area (Å²) >= 11 is 0. The topological polar surface area (TPSA) is 71.1 Å². The lowest BCUT2D eigenvalue weighted by atomic mass is 10.1. The minimum absolute atomic E-state index is 0.0874. The summed E-state index contributed by atoms with van der Waals surface area (Å²) in [5.41, 5.74) is 2.27. The number of hydrogen-bond acceptors (Lipinski definition) is 6. The summed E-state index contributed by atoms with van der Waals surface area (Å²) in [6.07, 6.45) is 0. The van der Waals surface area contributed by atoms with Crippen LogP contribution in [0.15, 0.2) is 54.6 Å². The largest absolute Gasteiger partial charge is 0.465 e. The van der Waals surface area contributed by atoms with E-state index in [0.29, 0.717) is 17.8 Å². The van der Waals surface area contributed by atoms with Gasteiger partial charge in [-0.25, -0.2) is 4.79 Å². The third-order valence-electron chi connectivity index (χ3n) is 5.41. The van der Waals surface area contributed by atoms with Crippen LogP contribution in [0.3, 0.4) is 0 Å². The molecule has 1 N–H and O–H groups in total. The van der Waals surface area contributed by atoms with Crippen molar-refractivity contribution in [3.8, 4) is 0 Å². The molecule has 7 heteroatoms.